The molecule has 0 radical (unpaired) electrons. The van der Waals surface area contributed by atoms with Crippen LogP contribution in [0.1, 0.15) is 26.3 Å². The fraction of sp³-hybridized carbons (Fsp3) is 0.0667. The van der Waals surface area contributed by atoms with Crippen molar-refractivity contribution in [2.75, 3.05) is 5.32 Å². The fourth-order valence-corrected chi connectivity index (χ4v) is 4.77. The van der Waals surface area contributed by atoms with Crippen molar-refractivity contribution in [3.05, 3.63) is 124 Å². The molecule has 0 saturated carbocycles. The van der Waals surface area contributed by atoms with Gasteiger partial charge in [0.2, 0.25) is 11.8 Å². The number of imide groups is 1. The van der Waals surface area contributed by atoms with Crippen molar-refractivity contribution in [2.45, 2.75) is 12.5 Å². The van der Waals surface area contributed by atoms with Crippen molar-refractivity contribution in [1.82, 2.24) is 9.88 Å². The van der Waals surface area contributed by atoms with Crippen LogP contribution in [-0.4, -0.2) is 38.6 Å². The summed E-state index contributed by atoms with van der Waals surface area (Å²) in [6, 6.07) is 25.3. The minimum atomic E-state index is -1.14. The van der Waals surface area contributed by atoms with E-state index >= 15 is 0 Å². The van der Waals surface area contributed by atoms with E-state index in [2.05, 4.69) is 10.3 Å². The van der Waals surface area contributed by atoms with Crippen LogP contribution in [-0.2, 0) is 11.2 Å². The zero-order chi connectivity index (χ0) is 27.8. The Hall–Kier alpha value is -5.64. The minimum absolute atomic E-state index is 0.104. The van der Waals surface area contributed by atoms with Gasteiger partial charge in [0.25, 0.3) is 17.5 Å². The van der Waals surface area contributed by atoms with Gasteiger partial charge in [-0.15, -0.1) is 0 Å². The molecule has 6 rings (SSSR count). The number of non-ortho nitro benzene ring substituents is 1. The maximum atomic E-state index is 13.8. The van der Waals surface area contributed by atoms with Gasteiger partial charge < -0.3 is 9.73 Å². The summed E-state index contributed by atoms with van der Waals surface area (Å²) in [6.07, 6.45) is 0.104. The highest BCUT2D eigenvalue weighted by Gasteiger charge is 2.42. The first-order valence-electron chi connectivity index (χ1n) is 12.4. The first kappa shape index (κ1) is 24.7. The first-order valence-corrected chi connectivity index (χ1v) is 12.4. The van der Waals surface area contributed by atoms with Crippen LogP contribution < -0.4 is 5.32 Å². The maximum absolute atomic E-state index is 13.8. The Morgan fingerprint density at radius 3 is 2.17 bits per heavy atom. The predicted molar refractivity (Wildman–Crippen MR) is 146 cm³/mol. The van der Waals surface area contributed by atoms with Gasteiger partial charge in [-0.1, -0.05) is 54.6 Å². The predicted octanol–water partition coefficient (Wildman–Crippen LogP) is 5.25. The molecule has 4 aromatic carbocycles. The quantitative estimate of drug-likeness (QED) is 0.172. The van der Waals surface area contributed by atoms with Gasteiger partial charge in [0, 0.05) is 18.6 Å². The number of hydrogen-bond acceptors (Lipinski definition) is 7. The molecule has 10 heteroatoms. The third-order valence-corrected chi connectivity index (χ3v) is 6.71. The van der Waals surface area contributed by atoms with Crippen molar-refractivity contribution < 1.29 is 23.7 Å². The van der Waals surface area contributed by atoms with E-state index in [0.29, 0.717) is 22.4 Å². The van der Waals surface area contributed by atoms with E-state index in [0.717, 1.165) is 10.5 Å². The molecular weight excluding hydrogens is 512 g/mol. The summed E-state index contributed by atoms with van der Waals surface area (Å²) in [6.45, 7) is 0. The third kappa shape index (κ3) is 4.37. The molecule has 196 valence electrons. The molecule has 0 fully saturated rings. The summed E-state index contributed by atoms with van der Waals surface area (Å²) in [4.78, 5) is 56.5. The van der Waals surface area contributed by atoms with Crippen LogP contribution in [0.15, 0.2) is 101 Å². The molecule has 0 aliphatic carbocycles. The number of oxazole rings is 1. The molecular formula is C30H20N4O6. The number of nitrogens with one attached hydrogen (secondary N) is 1. The first-order chi connectivity index (χ1) is 19.4. The highest BCUT2D eigenvalue weighted by Crippen LogP contribution is 2.32. The molecule has 1 aromatic heterocycles. The number of nitro groups is 1. The molecule has 3 amide bonds. The van der Waals surface area contributed by atoms with E-state index in [1.54, 1.807) is 48.5 Å². The zero-order valence-corrected chi connectivity index (χ0v) is 20.8. The van der Waals surface area contributed by atoms with Crippen molar-refractivity contribution in [3.63, 3.8) is 0 Å². The van der Waals surface area contributed by atoms with Crippen molar-refractivity contribution >= 4 is 40.2 Å². The van der Waals surface area contributed by atoms with Gasteiger partial charge in [-0.25, -0.2) is 4.98 Å². The fourth-order valence-electron chi connectivity index (χ4n) is 4.77. The molecule has 1 aliphatic rings. The Labute approximate surface area is 227 Å². The van der Waals surface area contributed by atoms with Crippen molar-refractivity contribution in [3.8, 4) is 11.5 Å². The summed E-state index contributed by atoms with van der Waals surface area (Å²) in [5.74, 6) is -1.50. The molecule has 1 N–H and O–H groups in total. The summed E-state index contributed by atoms with van der Waals surface area (Å²) < 4.78 is 5.84. The van der Waals surface area contributed by atoms with E-state index < -0.39 is 28.7 Å². The minimum Gasteiger partial charge on any atom is -0.436 e. The lowest BCUT2D eigenvalue weighted by atomic mass is 10.0. The summed E-state index contributed by atoms with van der Waals surface area (Å²) >= 11 is 0. The van der Waals surface area contributed by atoms with Crippen LogP contribution in [0, 0.1) is 10.1 Å². The molecule has 40 heavy (non-hydrogen) atoms. The Morgan fingerprint density at radius 2 is 1.50 bits per heavy atom. The van der Waals surface area contributed by atoms with Gasteiger partial charge in [-0.3, -0.25) is 29.4 Å². The van der Waals surface area contributed by atoms with Gasteiger partial charge in [0.1, 0.15) is 11.6 Å². The molecule has 0 spiro atoms. The number of anilines is 1. The number of hydrogen-bond donors (Lipinski definition) is 1. The van der Waals surface area contributed by atoms with Gasteiger partial charge in [-0.05, 0) is 35.9 Å². The van der Waals surface area contributed by atoms with Crippen LogP contribution in [0.4, 0.5) is 11.4 Å². The number of fused-ring (bicyclic) bond motifs is 2. The Balaban J connectivity index is 1.35. The number of carbonyl (C=O) groups excluding carboxylic acids is 3. The van der Waals surface area contributed by atoms with E-state index in [1.807, 2.05) is 30.3 Å². The zero-order valence-electron chi connectivity index (χ0n) is 20.8. The summed E-state index contributed by atoms with van der Waals surface area (Å²) in [7, 11) is 0. The lowest BCUT2D eigenvalue weighted by molar-refractivity contribution is -0.384. The third-order valence-electron chi connectivity index (χ3n) is 6.71. The molecule has 0 bridgehead atoms. The highest BCUT2D eigenvalue weighted by molar-refractivity contribution is 6.23. The lowest BCUT2D eigenvalue weighted by Crippen LogP contribution is -2.48. The summed E-state index contributed by atoms with van der Waals surface area (Å²) in [5, 5.41) is 14.0. The van der Waals surface area contributed by atoms with E-state index in [-0.39, 0.29) is 29.1 Å². The Bertz CT molecular complexity index is 1780. The molecule has 10 nitrogen and oxygen atoms in total. The number of benzene rings is 4. The van der Waals surface area contributed by atoms with Crippen LogP contribution in [0.2, 0.25) is 0 Å². The van der Waals surface area contributed by atoms with E-state index in [1.165, 1.54) is 18.2 Å². The normalized spacial score (nSPS) is 13.3. The van der Waals surface area contributed by atoms with Gasteiger partial charge >= 0.3 is 0 Å². The number of para-hydroxylation sites is 1. The van der Waals surface area contributed by atoms with Crippen molar-refractivity contribution in [2.24, 2.45) is 0 Å². The van der Waals surface area contributed by atoms with Crippen molar-refractivity contribution in [1.29, 1.82) is 0 Å². The average molecular weight is 533 g/mol. The topological polar surface area (TPSA) is 136 Å². The second-order valence-corrected chi connectivity index (χ2v) is 9.19. The van der Waals surface area contributed by atoms with Crippen LogP contribution in [0.25, 0.3) is 22.6 Å². The van der Waals surface area contributed by atoms with Crippen LogP contribution >= 0.6 is 0 Å². The molecule has 1 atom stereocenters. The number of carbonyl (C=O) groups is 3. The number of nitro benzene ring substituents is 1. The van der Waals surface area contributed by atoms with Gasteiger partial charge in [-0.2, -0.15) is 0 Å². The molecule has 1 aliphatic heterocycles. The Kier molecular flexibility index (Phi) is 6.12. The Morgan fingerprint density at radius 1 is 0.875 bits per heavy atom. The number of amides is 3. The molecule has 2 heterocycles. The average Bonchev–Trinajstić information content (AvgIpc) is 3.51. The maximum Gasteiger partial charge on any atom is 0.271 e. The van der Waals surface area contributed by atoms with Gasteiger partial charge in [0.15, 0.2) is 5.58 Å². The monoisotopic (exact) mass is 532 g/mol. The SMILES string of the molecule is O=C(Nc1ccccc1-c1nc2cc([N+](=O)[O-])ccc2o1)C(Cc1ccccc1)N1C(=O)c2ccccc2C1=O. The largest absolute Gasteiger partial charge is 0.436 e. The summed E-state index contributed by atoms with van der Waals surface area (Å²) in [5.41, 5.74) is 2.54. The van der Waals surface area contributed by atoms with Crippen LogP contribution in [0.3, 0.4) is 0 Å². The second-order valence-electron chi connectivity index (χ2n) is 9.19. The molecule has 1 unspecified atom stereocenters. The van der Waals surface area contributed by atoms with Crippen LogP contribution in [0.5, 0.6) is 0 Å². The standard InChI is InChI=1S/C30H20N4O6/c35-27(25(16-18-8-2-1-3-9-18)33-29(36)20-10-4-5-11-21(20)30(33)37)31-23-13-7-6-12-22(23)28-32-24-17-19(34(38)39)14-15-26(24)40-28/h1-15,17,25H,16H2,(H,31,35). The molecule has 5 aromatic rings. The van der Waals surface area contributed by atoms with Gasteiger partial charge in [0.05, 0.1) is 27.3 Å². The second kappa shape index (κ2) is 9.91. The number of nitrogens with zero attached hydrogens (tertiary/aromatic N) is 3. The molecule has 0 saturated heterocycles. The number of aromatic nitrogens is 1. The van der Waals surface area contributed by atoms with E-state index in [9.17, 15) is 24.5 Å². The smallest absolute Gasteiger partial charge is 0.271 e. The number of rotatable bonds is 7. The van der Waals surface area contributed by atoms with E-state index in [4.69, 9.17) is 4.42 Å². The highest BCUT2D eigenvalue weighted by atomic mass is 16.6. The lowest BCUT2D eigenvalue weighted by Gasteiger charge is -2.26.